The molecule has 1 amide bonds. The average Bonchev–Trinajstić information content (AvgIpc) is 3.34. The number of hydrogen-bond acceptors (Lipinski definition) is 3. The highest BCUT2D eigenvalue weighted by atomic mass is 16.2. The van der Waals surface area contributed by atoms with Crippen molar-refractivity contribution >= 4 is 17.1 Å². The van der Waals surface area contributed by atoms with Crippen LogP contribution in [0, 0.1) is 11.8 Å². The monoisotopic (exact) mass is 324 g/mol. The average molecular weight is 324 g/mol. The number of carbonyl (C=O) groups excluding carboxylic acids is 1. The molecule has 2 aliphatic carbocycles. The first-order chi connectivity index (χ1) is 11.8. The van der Waals surface area contributed by atoms with Gasteiger partial charge in [-0.05, 0) is 43.6 Å². The third-order valence-electron chi connectivity index (χ3n) is 6.39. The Morgan fingerprint density at radius 2 is 1.75 bits per heavy atom. The molecule has 1 aliphatic heterocycles. The number of likely N-dealkylation sites (tertiary alicyclic amines) is 1. The number of aromatic nitrogens is 3. The number of imidazole rings is 1. The van der Waals surface area contributed by atoms with Crippen LogP contribution in [-0.4, -0.2) is 38.4 Å². The molecule has 0 aromatic carbocycles. The van der Waals surface area contributed by atoms with Gasteiger partial charge >= 0.3 is 0 Å². The van der Waals surface area contributed by atoms with Crippen LogP contribution < -0.4 is 0 Å². The first-order valence-corrected chi connectivity index (χ1v) is 9.41. The minimum absolute atomic E-state index is 0.134. The van der Waals surface area contributed by atoms with Gasteiger partial charge in [-0.2, -0.15) is 0 Å². The number of hydrogen-bond donors (Lipinski definition) is 0. The fourth-order valence-electron chi connectivity index (χ4n) is 5.07. The molecule has 0 bridgehead atoms. The number of carbonyl (C=O) groups is 1. The minimum Gasteiger partial charge on any atom is -0.338 e. The van der Waals surface area contributed by atoms with Crippen molar-refractivity contribution in [2.45, 2.75) is 51.0 Å². The van der Waals surface area contributed by atoms with Crippen LogP contribution >= 0.6 is 0 Å². The zero-order chi connectivity index (χ0) is 16.1. The number of rotatable bonds is 2. The zero-order valence-electron chi connectivity index (χ0n) is 14.0. The van der Waals surface area contributed by atoms with Gasteiger partial charge in [0.15, 0.2) is 5.65 Å². The molecule has 0 unspecified atom stereocenters. The molecule has 0 radical (unpaired) electrons. The lowest BCUT2D eigenvalue weighted by molar-refractivity contribution is 0.0780. The van der Waals surface area contributed by atoms with Gasteiger partial charge in [0, 0.05) is 25.3 Å². The Morgan fingerprint density at radius 1 is 1.00 bits per heavy atom. The molecule has 2 atom stereocenters. The van der Waals surface area contributed by atoms with Gasteiger partial charge in [-0.1, -0.05) is 19.3 Å². The standard InChI is InChI=1S/C19H24N4O/c24-19(22-10-13-4-3-5-14(13)11-22)15-8-17-18(20-9-15)23(12-21-17)16-6-1-2-7-16/h8-9,12-14,16H,1-7,10-11H2/t13-,14+. The summed E-state index contributed by atoms with van der Waals surface area (Å²) < 4.78 is 2.21. The summed E-state index contributed by atoms with van der Waals surface area (Å²) in [5, 5.41) is 0. The quantitative estimate of drug-likeness (QED) is 0.850. The van der Waals surface area contributed by atoms with Crippen LogP contribution in [0.5, 0.6) is 0 Å². The van der Waals surface area contributed by atoms with E-state index in [2.05, 4.69) is 14.5 Å². The van der Waals surface area contributed by atoms with E-state index in [-0.39, 0.29) is 5.91 Å². The summed E-state index contributed by atoms with van der Waals surface area (Å²) in [4.78, 5) is 24.0. The second-order valence-corrected chi connectivity index (χ2v) is 7.82. The van der Waals surface area contributed by atoms with Gasteiger partial charge in [-0.3, -0.25) is 4.79 Å². The third kappa shape index (κ3) is 2.25. The zero-order valence-corrected chi connectivity index (χ0v) is 14.0. The fraction of sp³-hybridized carbons (Fsp3) is 0.632. The van der Waals surface area contributed by atoms with E-state index < -0.39 is 0 Å². The molecule has 5 nitrogen and oxygen atoms in total. The van der Waals surface area contributed by atoms with E-state index in [1.54, 1.807) is 6.20 Å². The van der Waals surface area contributed by atoms with Crippen LogP contribution in [-0.2, 0) is 0 Å². The highest BCUT2D eigenvalue weighted by Crippen LogP contribution is 2.38. The lowest BCUT2D eigenvalue weighted by Crippen LogP contribution is -2.29. The van der Waals surface area contributed by atoms with Gasteiger partial charge in [-0.15, -0.1) is 0 Å². The first-order valence-electron chi connectivity index (χ1n) is 9.41. The van der Waals surface area contributed by atoms with E-state index in [4.69, 9.17) is 0 Å². The molecule has 3 fully saturated rings. The Labute approximate surface area is 142 Å². The molecule has 2 aromatic heterocycles. The van der Waals surface area contributed by atoms with Crippen LogP contribution in [0.3, 0.4) is 0 Å². The smallest absolute Gasteiger partial charge is 0.255 e. The summed E-state index contributed by atoms with van der Waals surface area (Å²) >= 11 is 0. The van der Waals surface area contributed by atoms with E-state index in [9.17, 15) is 4.79 Å². The Morgan fingerprint density at radius 3 is 2.50 bits per heavy atom. The van der Waals surface area contributed by atoms with Crippen molar-refractivity contribution in [1.29, 1.82) is 0 Å². The van der Waals surface area contributed by atoms with Gasteiger partial charge in [0.2, 0.25) is 0 Å². The number of amides is 1. The molecule has 5 rings (SSSR count). The Balaban J connectivity index is 1.40. The van der Waals surface area contributed by atoms with Crippen LogP contribution in [0.2, 0.25) is 0 Å². The van der Waals surface area contributed by atoms with E-state index in [0.29, 0.717) is 11.6 Å². The maximum atomic E-state index is 12.8. The predicted octanol–water partition coefficient (Wildman–Crippen LogP) is 3.42. The topological polar surface area (TPSA) is 51.0 Å². The Kier molecular flexibility index (Phi) is 3.35. The number of fused-ring (bicyclic) bond motifs is 2. The largest absolute Gasteiger partial charge is 0.338 e. The van der Waals surface area contributed by atoms with Gasteiger partial charge in [-0.25, -0.2) is 9.97 Å². The van der Waals surface area contributed by atoms with Gasteiger partial charge in [0.25, 0.3) is 5.91 Å². The molecular weight excluding hydrogens is 300 g/mol. The van der Waals surface area contributed by atoms with Crippen molar-refractivity contribution in [3.05, 3.63) is 24.2 Å². The van der Waals surface area contributed by atoms with Crippen LogP contribution in [0.4, 0.5) is 0 Å². The molecule has 2 aromatic rings. The predicted molar refractivity (Wildman–Crippen MR) is 91.8 cm³/mol. The molecule has 0 spiro atoms. The second-order valence-electron chi connectivity index (χ2n) is 7.82. The highest BCUT2D eigenvalue weighted by Gasteiger charge is 2.38. The summed E-state index contributed by atoms with van der Waals surface area (Å²) in [6.45, 7) is 1.86. The van der Waals surface area contributed by atoms with Crippen LogP contribution in [0.1, 0.15) is 61.3 Å². The Bertz CT molecular complexity index is 765. The van der Waals surface area contributed by atoms with E-state index in [1.165, 1.54) is 44.9 Å². The van der Waals surface area contributed by atoms with E-state index in [0.717, 1.165) is 36.1 Å². The molecule has 24 heavy (non-hydrogen) atoms. The van der Waals surface area contributed by atoms with E-state index >= 15 is 0 Å². The first kappa shape index (κ1) is 14.4. The van der Waals surface area contributed by atoms with Crippen molar-refractivity contribution in [2.24, 2.45) is 11.8 Å². The van der Waals surface area contributed by atoms with Crippen molar-refractivity contribution < 1.29 is 4.79 Å². The maximum absolute atomic E-state index is 12.8. The summed E-state index contributed by atoms with van der Waals surface area (Å²) in [7, 11) is 0. The summed E-state index contributed by atoms with van der Waals surface area (Å²) in [6.07, 6.45) is 12.6. The van der Waals surface area contributed by atoms with Crippen LogP contribution in [0.25, 0.3) is 11.2 Å². The Hall–Kier alpha value is -1.91. The van der Waals surface area contributed by atoms with Gasteiger partial charge < -0.3 is 9.47 Å². The summed E-state index contributed by atoms with van der Waals surface area (Å²) in [5.74, 6) is 1.59. The molecule has 5 heteroatoms. The summed E-state index contributed by atoms with van der Waals surface area (Å²) in [6, 6.07) is 2.46. The van der Waals surface area contributed by atoms with Crippen molar-refractivity contribution in [1.82, 2.24) is 19.4 Å². The molecule has 2 saturated carbocycles. The van der Waals surface area contributed by atoms with Crippen molar-refractivity contribution in [3.8, 4) is 0 Å². The lowest BCUT2D eigenvalue weighted by atomic mass is 10.0. The van der Waals surface area contributed by atoms with Gasteiger partial charge in [0.05, 0.1) is 11.9 Å². The number of nitrogens with zero attached hydrogens (tertiary/aromatic N) is 4. The molecule has 3 aliphatic rings. The normalized spacial score (nSPS) is 27.2. The second kappa shape index (κ2) is 5.57. The number of pyridine rings is 1. The third-order valence-corrected chi connectivity index (χ3v) is 6.39. The lowest BCUT2D eigenvalue weighted by Gasteiger charge is -2.17. The minimum atomic E-state index is 0.134. The van der Waals surface area contributed by atoms with Gasteiger partial charge in [0.1, 0.15) is 5.52 Å². The molecule has 0 N–H and O–H groups in total. The van der Waals surface area contributed by atoms with Crippen molar-refractivity contribution in [3.63, 3.8) is 0 Å². The molecular formula is C19H24N4O. The highest BCUT2D eigenvalue weighted by molar-refractivity contribution is 5.96. The van der Waals surface area contributed by atoms with Crippen molar-refractivity contribution in [2.75, 3.05) is 13.1 Å². The SMILES string of the molecule is O=C(c1cnc2c(c1)ncn2C1CCCC1)N1C[C@H]2CCC[C@H]2C1. The molecule has 1 saturated heterocycles. The fourth-order valence-corrected chi connectivity index (χ4v) is 5.07. The molecule has 126 valence electrons. The maximum Gasteiger partial charge on any atom is 0.255 e. The molecule has 3 heterocycles. The van der Waals surface area contributed by atoms with E-state index in [1.807, 2.05) is 17.3 Å². The summed E-state index contributed by atoms with van der Waals surface area (Å²) in [5.41, 5.74) is 2.48. The van der Waals surface area contributed by atoms with Crippen LogP contribution in [0.15, 0.2) is 18.6 Å².